The quantitative estimate of drug-likeness (QED) is 0.203. The van der Waals surface area contributed by atoms with Crippen molar-refractivity contribution in [3.05, 3.63) is 106 Å². The summed E-state index contributed by atoms with van der Waals surface area (Å²) in [5.41, 5.74) is 5.66. The lowest BCUT2D eigenvalue weighted by molar-refractivity contribution is 0.559. The largest absolute Gasteiger partial charge is 0.423 e. The highest BCUT2D eigenvalue weighted by atomic mass is 32.2. The zero-order chi connectivity index (χ0) is 24.4. The van der Waals surface area contributed by atoms with Crippen LogP contribution in [0.4, 0.5) is 0 Å². The fourth-order valence-corrected chi connectivity index (χ4v) is 5.22. The minimum absolute atomic E-state index is 0.341. The third-order valence-electron chi connectivity index (χ3n) is 6.02. The van der Waals surface area contributed by atoms with Crippen LogP contribution in [0.5, 0.6) is 0 Å². The molecule has 0 N–H and O–H groups in total. The number of rotatable bonds is 7. The molecule has 35 heavy (non-hydrogen) atoms. The van der Waals surface area contributed by atoms with Crippen molar-refractivity contribution >= 4 is 22.7 Å². The highest BCUT2D eigenvalue weighted by Gasteiger charge is 2.17. The summed E-state index contributed by atoms with van der Waals surface area (Å²) in [5.74, 6) is 1.71. The molecule has 0 aliphatic rings. The molecule has 0 saturated heterocycles. The first-order valence-electron chi connectivity index (χ1n) is 11.6. The van der Waals surface area contributed by atoms with E-state index < -0.39 is 0 Å². The Hall–Kier alpha value is -3.71. The Morgan fingerprint density at radius 1 is 1.03 bits per heavy atom. The van der Waals surface area contributed by atoms with E-state index in [2.05, 4.69) is 58.7 Å². The van der Waals surface area contributed by atoms with Crippen molar-refractivity contribution in [2.45, 2.75) is 44.1 Å². The molecule has 3 aromatic heterocycles. The molecule has 2 aromatic carbocycles. The van der Waals surface area contributed by atoms with Crippen LogP contribution >= 0.6 is 11.8 Å². The van der Waals surface area contributed by atoms with Crippen LogP contribution in [0.25, 0.3) is 22.4 Å². The van der Waals surface area contributed by atoms with E-state index in [0.717, 1.165) is 38.6 Å². The Kier molecular flexibility index (Phi) is 6.51. The predicted molar refractivity (Wildman–Crippen MR) is 140 cm³/mol. The van der Waals surface area contributed by atoms with Gasteiger partial charge in [-0.2, -0.15) is 0 Å². The van der Waals surface area contributed by atoms with Crippen LogP contribution < -0.4 is 5.63 Å². The van der Waals surface area contributed by atoms with Crippen LogP contribution in [0.15, 0.2) is 87.4 Å². The zero-order valence-corrected chi connectivity index (χ0v) is 20.7. The Morgan fingerprint density at radius 2 is 1.86 bits per heavy atom. The lowest BCUT2D eigenvalue weighted by atomic mass is 9.95. The molecule has 0 spiro atoms. The first kappa shape index (κ1) is 23.1. The van der Waals surface area contributed by atoms with Gasteiger partial charge in [-0.05, 0) is 59.4 Å². The summed E-state index contributed by atoms with van der Waals surface area (Å²) in [6.45, 7) is 7.04. The van der Waals surface area contributed by atoms with Gasteiger partial charge >= 0.3 is 5.63 Å². The molecular weight excluding hydrogens is 456 g/mol. The fraction of sp³-hybridized carbons (Fsp3) is 0.214. The molecule has 5 aromatic rings. The highest BCUT2D eigenvalue weighted by Crippen LogP contribution is 2.31. The zero-order valence-electron chi connectivity index (χ0n) is 19.9. The second-order valence-corrected chi connectivity index (χ2v) is 9.80. The summed E-state index contributed by atoms with van der Waals surface area (Å²) in [4.78, 5) is 16.6. The minimum Gasteiger partial charge on any atom is -0.423 e. The van der Waals surface area contributed by atoms with Crippen molar-refractivity contribution in [2.24, 2.45) is 0 Å². The van der Waals surface area contributed by atoms with E-state index in [1.54, 1.807) is 30.2 Å². The van der Waals surface area contributed by atoms with E-state index >= 15 is 0 Å². The molecular formula is C28H26N4O2S. The molecule has 0 aliphatic carbocycles. The third-order valence-corrected chi connectivity index (χ3v) is 7.03. The SMILES string of the molecule is Cc1cc2oc(=O)cc(CSc3nnc(-c4cccnc4)n3Cc3ccccc3)c2cc1C(C)C. The first-order valence-corrected chi connectivity index (χ1v) is 12.6. The molecule has 7 heteroatoms. The van der Waals surface area contributed by atoms with Crippen molar-refractivity contribution in [3.63, 3.8) is 0 Å². The van der Waals surface area contributed by atoms with Crippen LogP contribution in [0.2, 0.25) is 0 Å². The number of benzene rings is 2. The molecule has 0 saturated carbocycles. The van der Waals surface area contributed by atoms with E-state index in [1.807, 2.05) is 36.4 Å². The van der Waals surface area contributed by atoms with E-state index in [4.69, 9.17) is 4.42 Å². The summed E-state index contributed by atoms with van der Waals surface area (Å²) in [6.07, 6.45) is 3.54. The molecule has 0 fully saturated rings. The molecule has 3 heterocycles. The monoisotopic (exact) mass is 482 g/mol. The number of aromatic nitrogens is 4. The summed E-state index contributed by atoms with van der Waals surface area (Å²) in [7, 11) is 0. The van der Waals surface area contributed by atoms with Crippen molar-refractivity contribution < 1.29 is 4.42 Å². The van der Waals surface area contributed by atoms with Gasteiger partial charge in [0.15, 0.2) is 11.0 Å². The number of fused-ring (bicyclic) bond motifs is 1. The Morgan fingerprint density at radius 3 is 2.60 bits per heavy atom. The van der Waals surface area contributed by atoms with Gasteiger partial charge in [0.05, 0.1) is 6.54 Å². The molecule has 176 valence electrons. The average molecular weight is 483 g/mol. The minimum atomic E-state index is -0.341. The van der Waals surface area contributed by atoms with Gasteiger partial charge in [0, 0.05) is 35.2 Å². The van der Waals surface area contributed by atoms with Crippen molar-refractivity contribution in [1.82, 2.24) is 19.7 Å². The van der Waals surface area contributed by atoms with Gasteiger partial charge in [0.2, 0.25) is 0 Å². The lowest BCUT2D eigenvalue weighted by Gasteiger charge is -2.13. The van der Waals surface area contributed by atoms with Gasteiger partial charge in [0.25, 0.3) is 0 Å². The molecule has 5 rings (SSSR count). The first-order chi connectivity index (χ1) is 17.0. The molecule has 0 bridgehead atoms. The van der Waals surface area contributed by atoms with Gasteiger partial charge in [0.1, 0.15) is 5.58 Å². The van der Waals surface area contributed by atoms with Crippen molar-refractivity contribution in [3.8, 4) is 11.4 Å². The standard InChI is InChI=1S/C28H26N4O2S/c1-18(2)23-14-24-22(13-26(33)34-25(24)12-19(23)3)17-35-28-31-30-27(21-10-7-11-29-15-21)32(28)16-20-8-5-4-6-9-20/h4-15,18H,16-17H2,1-3H3. The summed E-state index contributed by atoms with van der Waals surface area (Å²) >= 11 is 1.57. The number of thioether (sulfide) groups is 1. The Balaban J connectivity index is 1.53. The van der Waals surface area contributed by atoms with Gasteiger partial charge in [-0.15, -0.1) is 10.2 Å². The normalized spacial score (nSPS) is 11.4. The average Bonchev–Trinajstić information content (AvgIpc) is 3.25. The Bertz CT molecular complexity index is 1530. The van der Waals surface area contributed by atoms with Crippen molar-refractivity contribution in [1.29, 1.82) is 0 Å². The van der Waals surface area contributed by atoms with Gasteiger partial charge in [-0.1, -0.05) is 55.9 Å². The second kappa shape index (κ2) is 9.88. The van der Waals surface area contributed by atoms with E-state index in [1.165, 1.54) is 5.56 Å². The van der Waals surface area contributed by atoms with Crippen LogP contribution in [0, 0.1) is 6.92 Å². The molecule has 0 amide bonds. The number of nitrogens with zero attached hydrogens (tertiary/aromatic N) is 4. The highest BCUT2D eigenvalue weighted by molar-refractivity contribution is 7.98. The van der Waals surface area contributed by atoms with Gasteiger partial charge in [-0.3, -0.25) is 9.55 Å². The third kappa shape index (κ3) is 4.91. The summed E-state index contributed by atoms with van der Waals surface area (Å²) < 4.78 is 7.64. The van der Waals surface area contributed by atoms with Gasteiger partial charge in [-0.25, -0.2) is 4.79 Å². The van der Waals surface area contributed by atoms with Gasteiger partial charge < -0.3 is 4.42 Å². The number of aryl methyl sites for hydroxylation is 1. The molecule has 0 aliphatic heterocycles. The molecule has 6 nitrogen and oxygen atoms in total. The summed E-state index contributed by atoms with van der Waals surface area (Å²) in [5, 5.41) is 10.8. The number of hydrogen-bond acceptors (Lipinski definition) is 6. The molecule has 0 unspecified atom stereocenters. The number of hydrogen-bond donors (Lipinski definition) is 0. The maximum Gasteiger partial charge on any atom is 0.336 e. The fourth-order valence-electron chi connectivity index (χ4n) is 4.29. The molecule has 0 atom stereocenters. The van der Waals surface area contributed by atoms with E-state index in [0.29, 0.717) is 23.8 Å². The lowest BCUT2D eigenvalue weighted by Crippen LogP contribution is -2.05. The van der Waals surface area contributed by atoms with Crippen LogP contribution in [0.1, 0.15) is 42.0 Å². The maximum atomic E-state index is 12.3. The van der Waals surface area contributed by atoms with Crippen molar-refractivity contribution in [2.75, 3.05) is 0 Å². The van der Waals surface area contributed by atoms with E-state index in [-0.39, 0.29) is 5.63 Å². The van der Waals surface area contributed by atoms with Crippen LogP contribution in [0.3, 0.4) is 0 Å². The molecule has 0 radical (unpaired) electrons. The van der Waals surface area contributed by atoms with E-state index in [9.17, 15) is 4.79 Å². The summed E-state index contributed by atoms with van der Waals surface area (Å²) in [6, 6.07) is 19.8. The topological polar surface area (TPSA) is 73.8 Å². The van der Waals surface area contributed by atoms with Crippen LogP contribution in [-0.4, -0.2) is 19.7 Å². The smallest absolute Gasteiger partial charge is 0.336 e. The number of pyridine rings is 1. The predicted octanol–water partition coefficient (Wildman–Crippen LogP) is 6.22. The maximum absolute atomic E-state index is 12.3. The van der Waals surface area contributed by atoms with Crippen LogP contribution in [-0.2, 0) is 12.3 Å². The second-order valence-electron chi connectivity index (χ2n) is 8.86. The Labute approximate surface area is 208 Å².